The number of anilines is 1. The topological polar surface area (TPSA) is 73.8 Å². The van der Waals surface area contributed by atoms with Gasteiger partial charge in [0.1, 0.15) is 0 Å². The fourth-order valence-electron chi connectivity index (χ4n) is 3.75. The quantitative estimate of drug-likeness (QED) is 0.767. The van der Waals surface area contributed by atoms with Crippen LogP contribution in [0.1, 0.15) is 0 Å². The third-order valence-corrected chi connectivity index (χ3v) is 7.00. The smallest absolute Gasteiger partial charge is 0.236 e. The molecule has 2 aromatic rings. The molecule has 0 radical (unpaired) electrons. The van der Waals surface area contributed by atoms with Gasteiger partial charge in [0.25, 0.3) is 0 Å². The molecule has 0 spiro atoms. The Bertz CT molecular complexity index is 920. The number of hydrogen-bond donors (Lipinski definition) is 0. The van der Waals surface area contributed by atoms with Gasteiger partial charge >= 0.3 is 0 Å². The SMILES string of the molecule is O=C(CN1CCS(=O)(=O)CC1)N1CCN(c2ccnc3ccccc23)CC1. The summed E-state index contributed by atoms with van der Waals surface area (Å²) in [5.41, 5.74) is 2.14. The summed E-state index contributed by atoms with van der Waals surface area (Å²) >= 11 is 0. The number of aromatic nitrogens is 1. The van der Waals surface area contributed by atoms with Crippen LogP contribution >= 0.6 is 0 Å². The first kappa shape index (κ1) is 18.2. The van der Waals surface area contributed by atoms with Crippen molar-refractivity contribution in [3.63, 3.8) is 0 Å². The summed E-state index contributed by atoms with van der Waals surface area (Å²) < 4.78 is 23.0. The van der Waals surface area contributed by atoms with Crippen LogP contribution in [0.5, 0.6) is 0 Å². The van der Waals surface area contributed by atoms with Crippen LogP contribution in [-0.4, -0.2) is 86.4 Å². The van der Waals surface area contributed by atoms with Crippen molar-refractivity contribution >= 4 is 32.3 Å². The van der Waals surface area contributed by atoms with Gasteiger partial charge in [-0.05, 0) is 12.1 Å². The van der Waals surface area contributed by atoms with Gasteiger partial charge in [-0.3, -0.25) is 14.7 Å². The fraction of sp³-hybridized carbons (Fsp3) is 0.474. The molecule has 144 valence electrons. The van der Waals surface area contributed by atoms with Gasteiger partial charge in [-0.2, -0.15) is 0 Å². The molecule has 3 heterocycles. The van der Waals surface area contributed by atoms with Gasteiger partial charge < -0.3 is 9.80 Å². The van der Waals surface area contributed by atoms with Crippen LogP contribution in [0.3, 0.4) is 0 Å². The van der Waals surface area contributed by atoms with E-state index in [0.717, 1.165) is 29.7 Å². The molecule has 2 aliphatic heterocycles. The van der Waals surface area contributed by atoms with E-state index < -0.39 is 9.84 Å². The molecule has 4 rings (SSSR count). The molecule has 2 saturated heterocycles. The number of para-hydroxylation sites is 1. The van der Waals surface area contributed by atoms with Gasteiger partial charge in [0.2, 0.25) is 5.91 Å². The maximum absolute atomic E-state index is 12.6. The van der Waals surface area contributed by atoms with Crippen LogP contribution < -0.4 is 4.90 Å². The Morgan fingerprint density at radius 3 is 2.41 bits per heavy atom. The molecular formula is C19H24N4O3S. The van der Waals surface area contributed by atoms with E-state index in [-0.39, 0.29) is 17.4 Å². The maximum atomic E-state index is 12.6. The van der Waals surface area contributed by atoms with Gasteiger partial charge in [0, 0.05) is 56.5 Å². The van der Waals surface area contributed by atoms with Crippen molar-refractivity contribution in [2.75, 3.05) is 62.2 Å². The lowest BCUT2D eigenvalue weighted by atomic mass is 10.1. The number of fused-ring (bicyclic) bond motifs is 1. The highest BCUT2D eigenvalue weighted by molar-refractivity contribution is 7.91. The van der Waals surface area contributed by atoms with E-state index in [1.54, 1.807) is 0 Å². The molecule has 0 bridgehead atoms. The Labute approximate surface area is 159 Å². The van der Waals surface area contributed by atoms with Gasteiger partial charge in [0.05, 0.1) is 23.6 Å². The third kappa shape index (κ3) is 4.06. The van der Waals surface area contributed by atoms with E-state index in [4.69, 9.17) is 0 Å². The Hall–Kier alpha value is -2.19. The summed E-state index contributed by atoms with van der Waals surface area (Å²) in [6.07, 6.45) is 1.83. The molecule has 0 saturated carbocycles. The lowest BCUT2D eigenvalue weighted by Crippen LogP contribution is -2.52. The van der Waals surface area contributed by atoms with E-state index >= 15 is 0 Å². The lowest BCUT2D eigenvalue weighted by Gasteiger charge is -2.37. The minimum atomic E-state index is -2.91. The first-order valence-corrected chi connectivity index (χ1v) is 11.1. The predicted octanol–water partition coefficient (Wildman–Crippen LogP) is 0.614. The number of sulfone groups is 1. The normalized spacial score (nSPS) is 20.7. The Morgan fingerprint density at radius 1 is 0.963 bits per heavy atom. The number of amides is 1. The minimum Gasteiger partial charge on any atom is -0.367 e. The number of nitrogens with zero attached hydrogens (tertiary/aromatic N) is 4. The van der Waals surface area contributed by atoms with E-state index in [9.17, 15) is 13.2 Å². The zero-order chi connectivity index (χ0) is 18.9. The number of carbonyl (C=O) groups excluding carboxylic acids is 1. The summed E-state index contributed by atoms with van der Waals surface area (Å²) in [4.78, 5) is 23.2. The van der Waals surface area contributed by atoms with E-state index in [1.807, 2.05) is 40.3 Å². The average Bonchev–Trinajstić information content (AvgIpc) is 2.69. The minimum absolute atomic E-state index is 0.0912. The summed E-state index contributed by atoms with van der Waals surface area (Å²) in [5.74, 6) is 0.403. The summed E-state index contributed by atoms with van der Waals surface area (Å²) in [6, 6.07) is 10.1. The maximum Gasteiger partial charge on any atom is 0.236 e. The second-order valence-electron chi connectivity index (χ2n) is 7.14. The highest BCUT2D eigenvalue weighted by Gasteiger charge is 2.27. The lowest BCUT2D eigenvalue weighted by molar-refractivity contribution is -0.132. The first-order chi connectivity index (χ1) is 13.0. The average molecular weight is 388 g/mol. The Balaban J connectivity index is 1.35. The molecule has 0 atom stereocenters. The van der Waals surface area contributed by atoms with E-state index in [0.29, 0.717) is 32.7 Å². The molecule has 0 aliphatic carbocycles. The summed E-state index contributed by atoms with van der Waals surface area (Å²) in [7, 11) is -2.91. The Kier molecular flexibility index (Phi) is 5.01. The molecule has 0 N–H and O–H groups in total. The van der Waals surface area contributed by atoms with E-state index in [2.05, 4.69) is 16.0 Å². The Morgan fingerprint density at radius 2 is 1.67 bits per heavy atom. The molecule has 1 aromatic heterocycles. The van der Waals surface area contributed by atoms with E-state index in [1.165, 1.54) is 0 Å². The second-order valence-corrected chi connectivity index (χ2v) is 9.45. The largest absolute Gasteiger partial charge is 0.367 e. The summed E-state index contributed by atoms with van der Waals surface area (Å²) in [6.45, 7) is 4.16. The summed E-state index contributed by atoms with van der Waals surface area (Å²) in [5, 5.41) is 1.13. The highest BCUT2D eigenvalue weighted by atomic mass is 32.2. The zero-order valence-electron chi connectivity index (χ0n) is 15.2. The molecular weight excluding hydrogens is 364 g/mol. The van der Waals surface area contributed by atoms with Gasteiger partial charge in [0.15, 0.2) is 9.84 Å². The highest BCUT2D eigenvalue weighted by Crippen LogP contribution is 2.26. The number of piperazine rings is 1. The van der Waals surface area contributed by atoms with Crippen molar-refractivity contribution in [3.05, 3.63) is 36.5 Å². The number of benzene rings is 1. The van der Waals surface area contributed by atoms with Crippen LogP contribution in [0.15, 0.2) is 36.5 Å². The van der Waals surface area contributed by atoms with Crippen molar-refractivity contribution in [3.8, 4) is 0 Å². The first-order valence-electron chi connectivity index (χ1n) is 9.31. The van der Waals surface area contributed by atoms with Crippen LogP contribution in [0.25, 0.3) is 10.9 Å². The van der Waals surface area contributed by atoms with Crippen LogP contribution in [0.2, 0.25) is 0 Å². The molecule has 7 nitrogen and oxygen atoms in total. The van der Waals surface area contributed by atoms with Crippen molar-refractivity contribution < 1.29 is 13.2 Å². The fourth-order valence-corrected chi connectivity index (χ4v) is 5.03. The van der Waals surface area contributed by atoms with Crippen LogP contribution in [-0.2, 0) is 14.6 Å². The number of pyridine rings is 1. The van der Waals surface area contributed by atoms with Crippen molar-refractivity contribution in [1.29, 1.82) is 0 Å². The third-order valence-electron chi connectivity index (χ3n) is 5.39. The van der Waals surface area contributed by atoms with Gasteiger partial charge in [-0.1, -0.05) is 18.2 Å². The van der Waals surface area contributed by atoms with Gasteiger partial charge in [-0.15, -0.1) is 0 Å². The number of carbonyl (C=O) groups is 1. The molecule has 1 aromatic carbocycles. The second kappa shape index (κ2) is 7.44. The molecule has 2 aliphatic rings. The van der Waals surface area contributed by atoms with Gasteiger partial charge in [-0.25, -0.2) is 8.42 Å². The van der Waals surface area contributed by atoms with Crippen LogP contribution in [0, 0.1) is 0 Å². The number of hydrogen-bond acceptors (Lipinski definition) is 6. The number of rotatable bonds is 3. The van der Waals surface area contributed by atoms with Crippen molar-refractivity contribution in [2.24, 2.45) is 0 Å². The molecule has 0 unspecified atom stereocenters. The molecule has 2 fully saturated rings. The zero-order valence-corrected chi connectivity index (χ0v) is 16.1. The predicted molar refractivity (Wildman–Crippen MR) is 106 cm³/mol. The molecule has 8 heteroatoms. The van der Waals surface area contributed by atoms with Crippen LogP contribution in [0.4, 0.5) is 5.69 Å². The van der Waals surface area contributed by atoms with Crippen molar-refractivity contribution in [2.45, 2.75) is 0 Å². The molecule has 27 heavy (non-hydrogen) atoms. The molecule has 1 amide bonds. The van der Waals surface area contributed by atoms with Crippen molar-refractivity contribution in [1.82, 2.24) is 14.8 Å². The monoisotopic (exact) mass is 388 g/mol. The standard InChI is InChI=1S/C19H24N4O3S/c24-19(15-21-11-13-27(25,26)14-12-21)23-9-7-22(8-10-23)18-5-6-20-17-4-2-1-3-16(17)18/h1-6H,7-15H2.